The average Bonchev–Trinajstić information content (AvgIpc) is 2.68. The Labute approximate surface area is 99.2 Å². The normalized spacial score (nSPS) is 10.4. The summed E-state index contributed by atoms with van der Waals surface area (Å²) >= 11 is 1.31. The van der Waals surface area contributed by atoms with Crippen LogP contribution in [0.25, 0.3) is 0 Å². The second kappa shape index (κ2) is 6.34. The molecule has 0 aromatic carbocycles. The van der Waals surface area contributed by atoms with Crippen molar-refractivity contribution in [3.8, 4) is 0 Å². The second-order valence-corrected chi connectivity index (χ2v) is 4.39. The van der Waals surface area contributed by atoms with Gasteiger partial charge >= 0.3 is 0 Å². The van der Waals surface area contributed by atoms with Crippen molar-refractivity contribution in [1.82, 2.24) is 15.1 Å². The molecular formula is C10H16N4OS. The number of amides is 1. The minimum absolute atomic E-state index is 0.0696. The van der Waals surface area contributed by atoms with Crippen molar-refractivity contribution in [1.29, 1.82) is 0 Å². The van der Waals surface area contributed by atoms with E-state index in [0.29, 0.717) is 11.7 Å². The summed E-state index contributed by atoms with van der Waals surface area (Å²) in [5.41, 5.74) is 2.63. The van der Waals surface area contributed by atoms with E-state index in [1.165, 1.54) is 11.3 Å². The molecule has 88 valence electrons. The number of rotatable bonds is 6. The molecule has 1 amide bonds. The van der Waals surface area contributed by atoms with Gasteiger partial charge < -0.3 is 0 Å². The third kappa shape index (κ3) is 4.50. The molecule has 0 fully saturated rings. The molecule has 0 saturated carbocycles. The molecule has 1 heterocycles. The van der Waals surface area contributed by atoms with Gasteiger partial charge in [-0.3, -0.25) is 15.0 Å². The number of anilines is 1. The molecule has 0 saturated heterocycles. The van der Waals surface area contributed by atoms with Crippen LogP contribution in [0.4, 0.5) is 5.13 Å². The van der Waals surface area contributed by atoms with Gasteiger partial charge in [0.1, 0.15) is 5.51 Å². The summed E-state index contributed by atoms with van der Waals surface area (Å²) in [6, 6.07) is 0. The van der Waals surface area contributed by atoms with E-state index in [0.717, 1.165) is 18.7 Å². The molecule has 0 atom stereocenters. The van der Waals surface area contributed by atoms with Crippen molar-refractivity contribution in [2.45, 2.75) is 13.8 Å². The Balaban J connectivity index is 2.40. The van der Waals surface area contributed by atoms with E-state index in [4.69, 9.17) is 0 Å². The third-order valence-corrected chi connectivity index (χ3v) is 2.52. The maximum Gasteiger partial charge on any atom is 0.240 e. The Bertz CT molecular complexity index is 350. The number of likely N-dealkylation sites (N-methyl/N-ethyl adjacent to an activating group) is 1. The van der Waals surface area contributed by atoms with Gasteiger partial charge in [0.2, 0.25) is 11.0 Å². The standard InChI is InChI=1S/C10H16N4OS/c1-4-14(5-8(2)3)6-9(15)12-10-13-11-7-16-10/h7H,2,4-6H2,1,3H3,(H,12,13,15). The molecule has 0 unspecified atom stereocenters. The fourth-order valence-electron chi connectivity index (χ4n) is 1.25. The maximum atomic E-state index is 11.6. The van der Waals surface area contributed by atoms with E-state index in [1.54, 1.807) is 5.51 Å². The van der Waals surface area contributed by atoms with Crippen molar-refractivity contribution in [3.05, 3.63) is 17.7 Å². The van der Waals surface area contributed by atoms with E-state index < -0.39 is 0 Å². The Morgan fingerprint density at radius 3 is 2.88 bits per heavy atom. The number of aromatic nitrogens is 2. The SMILES string of the molecule is C=C(C)CN(CC)CC(=O)Nc1nncs1. The lowest BCUT2D eigenvalue weighted by Crippen LogP contribution is -2.34. The van der Waals surface area contributed by atoms with Crippen LogP contribution in [0.3, 0.4) is 0 Å². The van der Waals surface area contributed by atoms with E-state index in [1.807, 2.05) is 18.7 Å². The molecule has 0 aliphatic carbocycles. The smallest absolute Gasteiger partial charge is 0.240 e. The van der Waals surface area contributed by atoms with Gasteiger partial charge in [-0.25, -0.2) is 0 Å². The monoisotopic (exact) mass is 240 g/mol. The van der Waals surface area contributed by atoms with E-state index in [9.17, 15) is 4.79 Å². The lowest BCUT2D eigenvalue weighted by atomic mass is 10.3. The fraction of sp³-hybridized carbons (Fsp3) is 0.500. The predicted octanol–water partition coefficient (Wildman–Crippen LogP) is 1.37. The van der Waals surface area contributed by atoms with Gasteiger partial charge in [0.15, 0.2) is 0 Å². The molecule has 0 bridgehead atoms. The highest BCUT2D eigenvalue weighted by molar-refractivity contribution is 7.13. The Hall–Kier alpha value is -1.27. The second-order valence-electron chi connectivity index (χ2n) is 3.55. The van der Waals surface area contributed by atoms with Gasteiger partial charge in [-0.1, -0.05) is 30.4 Å². The van der Waals surface area contributed by atoms with E-state index in [-0.39, 0.29) is 5.91 Å². The molecular weight excluding hydrogens is 224 g/mol. The van der Waals surface area contributed by atoms with Gasteiger partial charge in [-0.2, -0.15) is 0 Å². The zero-order valence-corrected chi connectivity index (χ0v) is 10.4. The van der Waals surface area contributed by atoms with Gasteiger partial charge in [0.05, 0.1) is 6.54 Å². The molecule has 1 N–H and O–H groups in total. The van der Waals surface area contributed by atoms with E-state index in [2.05, 4.69) is 22.1 Å². The van der Waals surface area contributed by atoms with Crippen LogP contribution in [0.2, 0.25) is 0 Å². The van der Waals surface area contributed by atoms with Crippen LogP contribution in [0.15, 0.2) is 17.7 Å². The van der Waals surface area contributed by atoms with Crippen LogP contribution < -0.4 is 5.32 Å². The summed E-state index contributed by atoms with van der Waals surface area (Å²) < 4.78 is 0. The summed E-state index contributed by atoms with van der Waals surface area (Å²) in [5, 5.41) is 10.6. The summed E-state index contributed by atoms with van der Waals surface area (Å²) in [6.07, 6.45) is 0. The highest BCUT2D eigenvalue weighted by Gasteiger charge is 2.10. The van der Waals surface area contributed by atoms with Crippen molar-refractivity contribution in [2.24, 2.45) is 0 Å². The molecule has 0 spiro atoms. The number of nitrogens with zero attached hydrogens (tertiary/aromatic N) is 3. The Kier molecular flexibility index (Phi) is 5.07. The van der Waals surface area contributed by atoms with Crippen LogP contribution in [-0.4, -0.2) is 40.6 Å². The average molecular weight is 240 g/mol. The molecule has 16 heavy (non-hydrogen) atoms. The lowest BCUT2D eigenvalue weighted by molar-refractivity contribution is -0.117. The Morgan fingerprint density at radius 2 is 2.38 bits per heavy atom. The third-order valence-electron chi connectivity index (χ3n) is 1.91. The number of hydrogen-bond acceptors (Lipinski definition) is 5. The molecule has 0 aliphatic rings. The van der Waals surface area contributed by atoms with Crippen LogP contribution in [0.5, 0.6) is 0 Å². The number of nitrogens with one attached hydrogen (secondary N) is 1. The highest BCUT2D eigenvalue weighted by atomic mass is 32.1. The molecule has 1 aromatic heterocycles. The van der Waals surface area contributed by atoms with Crippen molar-refractivity contribution in [2.75, 3.05) is 25.0 Å². The van der Waals surface area contributed by atoms with Crippen molar-refractivity contribution >= 4 is 22.4 Å². The first-order chi connectivity index (χ1) is 7.61. The van der Waals surface area contributed by atoms with Gasteiger partial charge in [0.25, 0.3) is 0 Å². The fourth-order valence-corrected chi connectivity index (χ4v) is 1.71. The van der Waals surface area contributed by atoms with Gasteiger partial charge in [-0.15, -0.1) is 10.2 Å². The summed E-state index contributed by atoms with van der Waals surface area (Å²) in [5.74, 6) is -0.0696. The number of carbonyl (C=O) groups excluding carboxylic acids is 1. The van der Waals surface area contributed by atoms with Crippen molar-refractivity contribution in [3.63, 3.8) is 0 Å². The van der Waals surface area contributed by atoms with Gasteiger partial charge in [0, 0.05) is 6.54 Å². The molecule has 5 nitrogen and oxygen atoms in total. The molecule has 0 aliphatic heterocycles. The quantitative estimate of drug-likeness (QED) is 0.763. The molecule has 6 heteroatoms. The van der Waals surface area contributed by atoms with Crippen LogP contribution in [0, 0.1) is 0 Å². The summed E-state index contributed by atoms with van der Waals surface area (Å²) in [4.78, 5) is 13.6. The minimum atomic E-state index is -0.0696. The van der Waals surface area contributed by atoms with Crippen LogP contribution in [0.1, 0.15) is 13.8 Å². The topological polar surface area (TPSA) is 58.1 Å². The van der Waals surface area contributed by atoms with E-state index >= 15 is 0 Å². The first-order valence-electron chi connectivity index (χ1n) is 5.04. The zero-order valence-electron chi connectivity index (χ0n) is 9.56. The number of hydrogen-bond donors (Lipinski definition) is 1. The predicted molar refractivity (Wildman–Crippen MR) is 65.5 cm³/mol. The highest BCUT2D eigenvalue weighted by Crippen LogP contribution is 2.07. The van der Waals surface area contributed by atoms with Crippen LogP contribution >= 0.6 is 11.3 Å². The molecule has 0 radical (unpaired) electrons. The van der Waals surface area contributed by atoms with Crippen LogP contribution in [-0.2, 0) is 4.79 Å². The summed E-state index contributed by atoms with van der Waals surface area (Å²) in [6.45, 7) is 9.70. The Morgan fingerprint density at radius 1 is 1.62 bits per heavy atom. The summed E-state index contributed by atoms with van der Waals surface area (Å²) in [7, 11) is 0. The number of carbonyl (C=O) groups is 1. The maximum absolute atomic E-state index is 11.6. The zero-order chi connectivity index (χ0) is 12.0. The first-order valence-corrected chi connectivity index (χ1v) is 5.92. The molecule has 1 rings (SSSR count). The first kappa shape index (κ1) is 12.8. The van der Waals surface area contributed by atoms with Crippen molar-refractivity contribution < 1.29 is 4.79 Å². The molecule has 1 aromatic rings. The largest absolute Gasteiger partial charge is 0.299 e. The van der Waals surface area contributed by atoms with Gasteiger partial charge in [-0.05, 0) is 13.5 Å². The minimum Gasteiger partial charge on any atom is -0.299 e. The lowest BCUT2D eigenvalue weighted by Gasteiger charge is -2.19.